The first-order valence-corrected chi connectivity index (χ1v) is 9.96. The SMILES string of the molecule is COc1cc(/C=C(/C#N)C(=O)NCc2ccccc2)ccc1OCc1ccc(Cl)cc1. The molecular formula is C25H21ClN2O3. The summed E-state index contributed by atoms with van der Waals surface area (Å²) in [6, 6.07) is 24.1. The highest BCUT2D eigenvalue weighted by Crippen LogP contribution is 2.29. The van der Waals surface area contributed by atoms with E-state index in [0.29, 0.717) is 35.2 Å². The van der Waals surface area contributed by atoms with Crippen molar-refractivity contribution in [2.75, 3.05) is 7.11 Å². The number of methoxy groups -OCH3 is 1. The second-order valence-electron chi connectivity index (χ2n) is 6.66. The third-order valence-electron chi connectivity index (χ3n) is 4.47. The number of nitrogens with zero attached hydrogens (tertiary/aromatic N) is 1. The second kappa shape index (κ2) is 10.9. The minimum absolute atomic E-state index is 0.00724. The van der Waals surface area contributed by atoms with E-state index in [1.807, 2.05) is 48.5 Å². The molecule has 1 N–H and O–H groups in total. The summed E-state index contributed by atoms with van der Waals surface area (Å²) in [6.45, 7) is 0.702. The topological polar surface area (TPSA) is 71.3 Å². The van der Waals surface area contributed by atoms with Crippen LogP contribution in [0.4, 0.5) is 0 Å². The molecule has 0 unspecified atom stereocenters. The van der Waals surface area contributed by atoms with Crippen LogP contribution in [0.5, 0.6) is 11.5 Å². The maximum absolute atomic E-state index is 12.4. The highest BCUT2D eigenvalue weighted by molar-refractivity contribution is 6.30. The van der Waals surface area contributed by atoms with E-state index in [1.165, 1.54) is 13.2 Å². The second-order valence-corrected chi connectivity index (χ2v) is 7.10. The first-order valence-electron chi connectivity index (χ1n) is 9.58. The Morgan fingerprint density at radius 1 is 1.03 bits per heavy atom. The summed E-state index contributed by atoms with van der Waals surface area (Å²) in [5, 5.41) is 12.8. The van der Waals surface area contributed by atoms with Crippen molar-refractivity contribution in [3.8, 4) is 17.6 Å². The van der Waals surface area contributed by atoms with E-state index in [-0.39, 0.29) is 5.57 Å². The van der Waals surface area contributed by atoms with Crippen LogP contribution in [-0.4, -0.2) is 13.0 Å². The summed E-state index contributed by atoms with van der Waals surface area (Å²) in [5.41, 5.74) is 2.59. The highest BCUT2D eigenvalue weighted by atomic mass is 35.5. The number of nitriles is 1. The predicted molar refractivity (Wildman–Crippen MR) is 121 cm³/mol. The van der Waals surface area contributed by atoms with E-state index >= 15 is 0 Å². The molecule has 5 nitrogen and oxygen atoms in total. The molecule has 3 aromatic carbocycles. The van der Waals surface area contributed by atoms with Gasteiger partial charge in [-0.1, -0.05) is 60.1 Å². The average Bonchev–Trinajstić information content (AvgIpc) is 2.81. The lowest BCUT2D eigenvalue weighted by molar-refractivity contribution is -0.117. The monoisotopic (exact) mass is 432 g/mol. The summed E-state index contributed by atoms with van der Waals surface area (Å²) in [7, 11) is 1.54. The molecular weight excluding hydrogens is 412 g/mol. The fourth-order valence-electron chi connectivity index (χ4n) is 2.82. The molecule has 156 valence electrons. The zero-order chi connectivity index (χ0) is 22.1. The Hall–Kier alpha value is -3.75. The Morgan fingerprint density at radius 2 is 1.77 bits per heavy atom. The van der Waals surface area contributed by atoms with Crippen molar-refractivity contribution in [3.63, 3.8) is 0 Å². The minimum Gasteiger partial charge on any atom is -0.493 e. The van der Waals surface area contributed by atoms with Gasteiger partial charge in [0.2, 0.25) is 0 Å². The number of rotatable bonds is 8. The lowest BCUT2D eigenvalue weighted by Gasteiger charge is -2.12. The Balaban J connectivity index is 1.69. The fraction of sp³-hybridized carbons (Fsp3) is 0.120. The Morgan fingerprint density at radius 3 is 2.45 bits per heavy atom. The number of benzene rings is 3. The molecule has 0 radical (unpaired) electrons. The number of halogens is 1. The number of carbonyl (C=O) groups is 1. The molecule has 3 rings (SSSR count). The highest BCUT2D eigenvalue weighted by Gasteiger charge is 2.11. The Labute approximate surface area is 186 Å². The van der Waals surface area contributed by atoms with Gasteiger partial charge in [0.15, 0.2) is 11.5 Å². The molecule has 0 saturated heterocycles. The van der Waals surface area contributed by atoms with E-state index in [9.17, 15) is 10.1 Å². The molecule has 0 atom stereocenters. The van der Waals surface area contributed by atoms with Gasteiger partial charge in [-0.25, -0.2) is 0 Å². The van der Waals surface area contributed by atoms with Gasteiger partial charge in [-0.3, -0.25) is 4.79 Å². The number of hydrogen-bond acceptors (Lipinski definition) is 4. The van der Waals surface area contributed by atoms with Gasteiger partial charge >= 0.3 is 0 Å². The molecule has 0 aliphatic rings. The van der Waals surface area contributed by atoms with Crippen LogP contribution in [0.2, 0.25) is 5.02 Å². The lowest BCUT2D eigenvalue weighted by Crippen LogP contribution is -2.23. The molecule has 0 heterocycles. The van der Waals surface area contributed by atoms with E-state index in [0.717, 1.165) is 11.1 Å². The van der Waals surface area contributed by atoms with Crippen LogP contribution in [0, 0.1) is 11.3 Å². The van der Waals surface area contributed by atoms with Crippen LogP contribution in [-0.2, 0) is 17.9 Å². The number of carbonyl (C=O) groups excluding carboxylic acids is 1. The van der Waals surface area contributed by atoms with Gasteiger partial charge in [-0.05, 0) is 47.0 Å². The van der Waals surface area contributed by atoms with Crippen LogP contribution in [0.25, 0.3) is 6.08 Å². The van der Waals surface area contributed by atoms with Crippen LogP contribution in [0.3, 0.4) is 0 Å². The third-order valence-corrected chi connectivity index (χ3v) is 4.72. The summed E-state index contributed by atoms with van der Waals surface area (Å²) >= 11 is 5.90. The molecule has 0 aliphatic heterocycles. The van der Waals surface area contributed by atoms with E-state index in [1.54, 1.807) is 30.3 Å². The molecule has 31 heavy (non-hydrogen) atoms. The van der Waals surface area contributed by atoms with Crippen molar-refractivity contribution >= 4 is 23.6 Å². The van der Waals surface area contributed by atoms with Crippen molar-refractivity contribution in [2.45, 2.75) is 13.2 Å². The summed E-state index contributed by atoms with van der Waals surface area (Å²) in [6.07, 6.45) is 1.52. The fourth-order valence-corrected chi connectivity index (χ4v) is 2.95. The van der Waals surface area contributed by atoms with Crippen molar-refractivity contribution in [1.29, 1.82) is 5.26 Å². The summed E-state index contributed by atoms with van der Waals surface area (Å²) in [5.74, 6) is 0.625. The molecule has 0 saturated carbocycles. The molecule has 0 fully saturated rings. The van der Waals surface area contributed by atoms with Crippen molar-refractivity contribution < 1.29 is 14.3 Å². The molecule has 0 aliphatic carbocycles. The number of ether oxygens (including phenoxy) is 2. The van der Waals surface area contributed by atoms with Gasteiger partial charge in [0.05, 0.1) is 7.11 Å². The van der Waals surface area contributed by atoms with Gasteiger partial charge in [0.1, 0.15) is 18.2 Å². The molecule has 0 spiro atoms. The molecule has 6 heteroatoms. The molecule has 0 aromatic heterocycles. The van der Waals surface area contributed by atoms with Gasteiger partial charge in [0, 0.05) is 11.6 Å². The minimum atomic E-state index is -0.437. The third kappa shape index (κ3) is 6.36. The van der Waals surface area contributed by atoms with Gasteiger partial charge in [-0.2, -0.15) is 5.26 Å². The van der Waals surface area contributed by atoms with Crippen molar-refractivity contribution in [1.82, 2.24) is 5.32 Å². The molecule has 0 bridgehead atoms. The lowest BCUT2D eigenvalue weighted by atomic mass is 10.1. The summed E-state index contributed by atoms with van der Waals surface area (Å²) in [4.78, 5) is 12.4. The number of nitrogens with one attached hydrogen (secondary N) is 1. The number of hydrogen-bond donors (Lipinski definition) is 1. The Bertz CT molecular complexity index is 1100. The van der Waals surface area contributed by atoms with Crippen LogP contribution < -0.4 is 14.8 Å². The van der Waals surface area contributed by atoms with Gasteiger partial charge in [0.25, 0.3) is 5.91 Å². The smallest absolute Gasteiger partial charge is 0.262 e. The Kier molecular flexibility index (Phi) is 7.69. The maximum atomic E-state index is 12.4. The van der Waals surface area contributed by atoms with Crippen LogP contribution >= 0.6 is 11.6 Å². The first-order chi connectivity index (χ1) is 15.1. The average molecular weight is 433 g/mol. The normalized spacial score (nSPS) is 10.8. The van der Waals surface area contributed by atoms with E-state index < -0.39 is 5.91 Å². The molecule has 1 amide bonds. The molecule has 3 aromatic rings. The quantitative estimate of drug-likeness (QED) is 0.394. The van der Waals surface area contributed by atoms with E-state index in [2.05, 4.69) is 5.32 Å². The van der Waals surface area contributed by atoms with Crippen molar-refractivity contribution in [2.24, 2.45) is 0 Å². The zero-order valence-electron chi connectivity index (χ0n) is 17.0. The zero-order valence-corrected chi connectivity index (χ0v) is 17.7. The predicted octanol–water partition coefficient (Wildman–Crippen LogP) is 5.15. The van der Waals surface area contributed by atoms with Crippen LogP contribution in [0.1, 0.15) is 16.7 Å². The van der Waals surface area contributed by atoms with Crippen LogP contribution in [0.15, 0.2) is 78.4 Å². The summed E-state index contributed by atoms with van der Waals surface area (Å²) < 4.78 is 11.3. The van der Waals surface area contributed by atoms with E-state index in [4.69, 9.17) is 21.1 Å². The first kappa shape index (κ1) is 21.9. The standard InChI is InChI=1S/C25H21ClN2O3/c1-30-24-14-20(9-12-23(24)31-17-19-7-10-22(26)11-8-19)13-21(15-27)25(29)28-16-18-5-3-2-4-6-18/h2-14H,16-17H2,1H3,(H,28,29)/b21-13-. The van der Waals surface area contributed by atoms with Gasteiger partial charge < -0.3 is 14.8 Å². The largest absolute Gasteiger partial charge is 0.493 e. The maximum Gasteiger partial charge on any atom is 0.262 e. The number of amides is 1. The van der Waals surface area contributed by atoms with Gasteiger partial charge in [-0.15, -0.1) is 0 Å². The van der Waals surface area contributed by atoms with Crippen molar-refractivity contribution in [3.05, 3.63) is 100 Å².